The van der Waals surface area contributed by atoms with Crippen molar-refractivity contribution in [2.45, 2.75) is 57.4 Å². The van der Waals surface area contributed by atoms with E-state index in [1.54, 1.807) is 6.08 Å². The lowest BCUT2D eigenvalue weighted by Crippen LogP contribution is -2.36. The van der Waals surface area contributed by atoms with Gasteiger partial charge in [0.05, 0.1) is 0 Å². The molecular formula is C18H22N2O2. The minimum atomic E-state index is -0.285. The molecule has 3 rings (SSSR count). The fraction of sp³-hybridized carbons (Fsp3) is 0.556. The summed E-state index contributed by atoms with van der Waals surface area (Å²) in [5, 5.41) is 12.2. The average Bonchev–Trinajstić information content (AvgIpc) is 3.08. The Labute approximate surface area is 131 Å². The van der Waals surface area contributed by atoms with E-state index < -0.39 is 0 Å². The lowest BCUT2D eigenvalue weighted by Gasteiger charge is -2.22. The molecule has 0 bridgehead atoms. The van der Waals surface area contributed by atoms with Crippen molar-refractivity contribution in [3.8, 4) is 6.07 Å². The van der Waals surface area contributed by atoms with E-state index in [0.717, 1.165) is 37.9 Å². The summed E-state index contributed by atoms with van der Waals surface area (Å²) in [7, 11) is 0. The Balaban J connectivity index is 1.65. The number of nitrogens with zero attached hydrogens (tertiary/aromatic N) is 1. The molecule has 1 amide bonds. The van der Waals surface area contributed by atoms with Gasteiger partial charge in [0, 0.05) is 18.0 Å². The highest BCUT2D eigenvalue weighted by Crippen LogP contribution is 2.47. The van der Waals surface area contributed by atoms with E-state index in [-0.39, 0.29) is 17.5 Å². The van der Waals surface area contributed by atoms with Crippen molar-refractivity contribution in [3.05, 3.63) is 29.2 Å². The third kappa shape index (κ3) is 3.41. The van der Waals surface area contributed by atoms with Crippen LogP contribution in [0.3, 0.4) is 0 Å². The number of rotatable bonds is 4. The summed E-state index contributed by atoms with van der Waals surface area (Å²) in [6.07, 6.45) is 8.26. The van der Waals surface area contributed by atoms with Crippen LogP contribution in [0.2, 0.25) is 0 Å². The van der Waals surface area contributed by atoms with Crippen LogP contribution in [0.15, 0.2) is 22.1 Å². The van der Waals surface area contributed by atoms with E-state index in [1.807, 2.05) is 18.2 Å². The van der Waals surface area contributed by atoms with Crippen LogP contribution in [0.5, 0.6) is 0 Å². The van der Waals surface area contributed by atoms with E-state index in [1.165, 1.54) is 6.42 Å². The van der Waals surface area contributed by atoms with E-state index in [9.17, 15) is 10.1 Å². The van der Waals surface area contributed by atoms with Gasteiger partial charge in [-0.05, 0) is 37.3 Å². The van der Waals surface area contributed by atoms with Crippen molar-refractivity contribution in [2.24, 2.45) is 5.92 Å². The molecule has 2 saturated carbocycles. The van der Waals surface area contributed by atoms with E-state index in [4.69, 9.17) is 4.42 Å². The Morgan fingerprint density at radius 1 is 1.36 bits per heavy atom. The zero-order valence-electron chi connectivity index (χ0n) is 13.0. The molecule has 0 unspecified atom stereocenters. The summed E-state index contributed by atoms with van der Waals surface area (Å²) in [5.41, 5.74) is 0.121. The van der Waals surface area contributed by atoms with Gasteiger partial charge < -0.3 is 9.73 Å². The molecule has 1 N–H and O–H groups in total. The van der Waals surface area contributed by atoms with Gasteiger partial charge in [0.15, 0.2) is 0 Å². The third-order valence-electron chi connectivity index (χ3n) is 4.71. The van der Waals surface area contributed by atoms with Crippen LogP contribution in [0.4, 0.5) is 0 Å². The Bertz CT molecular complexity index is 617. The number of carbonyl (C=O) groups is 1. The lowest BCUT2D eigenvalue weighted by atomic mass is 9.95. The molecule has 0 radical (unpaired) electrons. The summed E-state index contributed by atoms with van der Waals surface area (Å²) in [5.74, 6) is 2.44. The summed E-state index contributed by atoms with van der Waals surface area (Å²) in [4.78, 5) is 12.2. The first-order valence-corrected chi connectivity index (χ1v) is 8.20. The van der Waals surface area contributed by atoms with Gasteiger partial charge in [0.25, 0.3) is 5.91 Å². The summed E-state index contributed by atoms with van der Waals surface area (Å²) in [6, 6.07) is 5.99. The van der Waals surface area contributed by atoms with Gasteiger partial charge in [-0.1, -0.05) is 26.2 Å². The smallest absolute Gasteiger partial charge is 0.262 e. The summed E-state index contributed by atoms with van der Waals surface area (Å²) in [6.45, 7) is 2.20. The zero-order chi connectivity index (χ0) is 15.5. The maximum atomic E-state index is 12.2. The molecule has 2 fully saturated rings. The maximum Gasteiger partial charge on any atom is 0.262 e. The molecule has 0 saturated heterocycles. The molecule has 22 heavy (non-hydrogen) atoms. The van der Waals surface area contributed by atoms with Gasteiger partial charge in [0.2, 0.25) is 0 Å². The van der Waals surface area contributed by atoms with E-state index >= 15 is 0 Å². The topological polar surface area (TPSA) is 66.0 Å². The first-order valence-electron chi connectivity index (χ1n) is 8.20. The molecule has 0 aliphatic heterocycles. The fourth-order valence-corrected chi connectivity index (χ4v) is 3.16. The van der Waals surface area contributed by atoms with Crippen LogP contribution in [-0.4, -0.2) is 11.9 Å². The van der Waals surface area contributed by atoms with Gasteiger partial charge in [-0.15, -0.1) is 0 Å². The van der Waals surface area contributed by atoms with Crippen molar-refractivity contribution < 1.29 is 9.21 Å². The number of nitrogens with one attached hydrogen (secondary N) is 1. The standard InChI is InChI=1S/C18H22N2O2/c1-12-9-16(12)17-8-7-15(22-17)10-13(11-19)18(21)20-14-5-3-2-4-6-14/h7-8,10,12,14,16H,2-6,9H2,1H3,(H,20,21)/b13-10+/t12-,16-/m1/s1. The van der Waals surface area contributed by atoms with Gasteiger partial charge in [-0.2, -0.15) is 5.26 Å². The van der Waals surface area contributed by atoms with E-state index in [0.29, 0.717) is 17.6 Å². The molecule has 2 atom stereocenters. The predicted molar refractivity (Wildman–Crippen MR) is 83.8 cm³/mol. The minimum Gasteiger partial charge on any atom is -0.461 e. The molecule has 0 aromatic carbocycles. The highest BCUT2D eigenvalue weighted by molar-refractivity contribution is 6.01. The first-order chi connectivity index (χ1) is 10.7. The quantitative estimate of drug-likeness (QED) is 0.680. The second kappa shape index (κ2) is 6.39. The van der Waals surface area contributed by atoms with Crippen molar-refractivity contribution in [2.75, 3.05) is 0 Å². The largest absolute Gasteiger partial charge is 0.461 e. The average molecular weight is 298 g/mol. The molecular weight excluding hydrogens is 276 g/mol. The Hall–Kier alpha value is -2.02. The number of furan rings is 1. The third-order valence-corrected chi connectivity index (χ3v) is 4.71. The van der Waals surface area contributed by atoms with Crippen LogP contribution in [0, 0.1) is 17.2 Å². The highest BCUT2D eigenvalue weighted by atomic mass is 16.3. The number of nitriles is 1. The second-order valence-corrected chi connectivity index (χ2v) is 6.54. The zero-order valence-corrected chi connectivity index (χ0v) is 13.0. The van der Waals surface area contributed by atoms with E-state index in [2.05, 4.69) is 12.2 Å². The van der Waals surface area contributed by atoms with Crippen LogP contribution in [0.25, 0.3) is 6.08 Å². The number of carbonyl (C=O) groups excluding carboxylic acids is 1. The maximum absolute atomic E-state index is 12.2. The van der Waals surface area contributed by atoms with Crippen molar-refractivity contribution in [3.63, 3.8) is 0 Å². The molecule has 0 spiro atoms. The SMILES string of the molecule is C[C@@H]1C[C@H]1c1ccc(/C=C(\C#N)C(=O)NC2CCCCC2)o1. The monoisotopic (exact) mass is 298 g/mol. The first kappa shape index (κ1) is 14.9. The van der Waals surface area contributed by atoms with Crippen LogP contribution in [0.1, 0.15) is 62.9 Å². The normalized spacial score (nSPS) is 25.5. The predicted octanol–water partition coefficient (Wildman–Crippen LogP) is 3.76. The van der Waals surface area contributed by atoms with Gasteiger partial charge >= 0.3 is 0 Å². The molecule has 2 aliphatic carbocycles. The van der Waals surface area contributed by atoms with Crippen LogP contribution in [-0.2, 0) is 4.79 Å². The van der Waals surface area contributed by atoms with Crippen molar-refractivity contribution >= 4 is 12.0 Å². The van der Waals surface area contributed by atoms with Gasteiger partial charge in [-0.3, -0.25) is 4.79 Å². The van der Waals surface area contributed by atoms with Gasteiger partial charge in [-0.25, -0.2) is 0 Å². The number of hydrogen-bond acceptors (Lipinski definition) is 3. The number of amides is 1. The molecule has 2 aliphatic rings. The molecule has 116 valence electrons. The van der Waals surface area contributed by atoms with Crippen LogP contribution >= 0.6 is 0 Å². The van der Waals surface area contributed by atoms with Crippen molar-refractivity contribution in [1.82, 2.24) is 5.32 Å². The molecule has 4 heteroatoms. The van der Waals surface area contributed by atoms with Crippen molar-refractivity contribution in [1.29, 1.82) is 5.26 Å². The second-order valence-electron chi connectivity index (χ2n) is 6.54. The Kier molecular flexibility index (Phi) is 4.33. The number of hydrogen-bond donors (Lipinski definition) is 1. The molecule has 4 nitrogen and oxygen atoms in total. The Morgan fingerprint density at radius 2 is 2.09 bits per heavy atom. The van der Waals surface area contributed by atoms with Gasteiger partial charge in [0.1, 0.15) is 23.2 Å². The highest BCUT2D eigenvalue weighted by Gasteiger charge is 2.36. The lowest BCUT2D eigenvalue weighted by molar-refractivity contribution is -0.117. The Morgan fingerprint density at radius 3 is 2.73 bits per heavy atom. The molecule has 1 aromatic rings. The fourth-order valence-electron chi connectivity index (χ4n) is 3.16. The van der Waals surface area contributed by atoms with Crippen LogP contribution < -0.4 is 5.32 Å². The summed E-state index contributed by atoms with van der Waals surface area (Å²) < 4.78 is 5.74. The molecule has 1 aromatic heterocycles. The minimum absolute atomic E-state index is 0.121. The molecule has 1 heterocycles. The summed E-state index contributed by atoms with van der Waals surface area (Å²) >= 11 is 0.